The number of aryl methyl sites for hydroxylation is 3. The second-order valence-electron chi connectivity index (χ2n) is 7.67. The third-order valence-corrected chi connectivity index (χ3v) is 6.39. The number of nitrogens with zero attached hydrogens (tertiary/aromatic N) is 4. The maximum Gasteiger partial charge on any atom is 0.264 e. The Hall–Kier alpha value is -3.83. The van der Waals surface area contributed by atoms with Crippen LogP contribution < -0.4 is 10.0 Å². The standard InChI is InChI=1S/C23H21ClN6O4S/c1-14-13-15(2)26-23(25-14)30-35(32,33)19-9-7-18(8-10-19)27-20(31)11-12-21-28-22(29-34-21)16-3-5-17(24)6-4-16/h3-10,13H,11-12H2,1-2H3,(H,27,31)(H,25,26,30). The summed E-state index contributed by atoms with van der Waals surface area (Å²) in [5.74, 6) is 0.452. The maximum absolute atomic E-state index is 12.6. The Morgan fingerprint density at radius 1 is 0.971 bits per heavy atom. The highest BCUT2D eigenvalue weighted by molar-refractivity contribution is 7.92. The van der Waals surface area contributed by atoms with E-state index in [1.165, 1.54) is 24.3 Å². The van der Waals surface area contributed by atoms with E-state index in [9.17, 15) is 13.2 Å². The van der Waals surface area contributed by atoms with Gasteiger partial charge in [-0.1, -0.05) is 16.8 Å². The number of halogens is 1. The molecule has 4 aromatic rings. The number of benzene rings is 2. The number of carbonyl (C=O) groups excluding carboxylic acids is 1. The van der Waals surface area contributed by atoms with Gasteiger partial charge in [0.15, 0.2) is 0 Å². The zero-order chi connectivity index (χ0) is 25.0. The second-order valence-corrected chi connectivity index (χ2v) is 9.79. The lowest BCUT2D eigenvalue weighted by Crippen LogP contribution is -2.16. The molecular weight excluding hydrogens is 492 g/mol. The number of amides is 1. The van der Waals surface area contributed by atoms with E-state index in [0.29, 0.717) is 33.8 Å². The summed E-state index contributed by atoms with van der Waals surface area (Å²) in [6.45, 7) is 3.50. The molecule has 180 valence electrons. The van der Waals surface area contributed by atoms with Crippen molar-refractivity contribution in [1.82, 2.24) is 20.1 Å². The average Bonchev–Trinajstić information content (AvgIpc) is 3.27. The number of anilines is 2. The molecule has 0 saturated heterocycles. The van der Waals surface area contributed by atoms with Crippen molar-refractivity contribution in [2.75, 3.05) is 10.0 Å². The summed E-state index contributed by atoms with van der Waals surface area (Å²) >= 11 is 5.88. The molecular formula is C23H21ClN6O4S. The topological polar surface area (TPSA) is 140 Å². The monoisotopic (exact) mass is 512 g/mol. The number of carbonyl (C=O) groups is 1. The van der Waals surface area contributed by atoms with Gasteiger partial charge in [0.2, 0.25) is 23.6 Å². The van der Waals surface area contributed by atoms with Crippen LogP contribution in [-0.2, 0) is 21.2 Å². The predicted octanol–water partition coefficient (Wildman–Crippen LogP) is 4.17. The van der Waals surface area contributed by atoms with Crippen LogP contribution in [0.4, 0.5) is 11.6 Å². The van der Waals surface area contributed by atoms with Gasteiger partial charge in [-0.2, -0.15) is 4.98 Å². The molecule has 0 atom stereocenters. The van der Waals surface area contributed by atoms with Crippen LogP contribution in [0.3, 0.4) is 0 Å². The minimum atomic E-state index is -3.88. The first-order valence-electron chi connectivity index (χ1n) is 10.5. The molecule has 0 saturated carbocycles. The van der Waals surface area contributed by atoms with Crippen molar-refractivity contribution in [1.29, 1.82) is 0 Å². The van der Waals surface area contributed by atoms with E-state index in [2.05, 4.69) is 30.1 Å². The van der Waals surface area contributed by atoms with Crippen LogP contribution in [0.2, 0.25) is 5.02 Å². The van der Waals surface area contributed by atoms with Gasteiger partial charge in [0.1, 0.15) is 0 Å². The van der Waals surface area contributed by atoms with Crippen molar-refractivity contribution in [3.05, 3.63) is 76.9 Å². The van der Waals surface area contributed by atoms with E-state index in [0.717, 1.165) is 5.56 Å². The molecule has 12 heteroatoms. The fourth-order valence-electron chi connectivity index (χ4n) is 3.18. The highest BCUT2D eigenvalue weighted by Gasteiger charge is 2.17. The first-order chi connectivity index (χ1) is 16.7. The van der Waals surface area contributed by atoms with E-state index in [1.807, 2.05) is 0 Å². The predicted molar refractivity (Wildman–Crippen MR) is 130 cm³/mol. The number of sulfonamides is 1. The molecule has 2 N–H and O–H groups in total. The Morgan fingerprint density at radius 2 is 1.63 bits per heavy atom. The van der Waals surface area contributed by atoms with Crippen molar-refractivity contribution in [3.63, 3.8) is 0 Å². The van der Waals surface area contributed by atoms with Gasteiger partial charge in [-0.3, -0.25) is 4.79 Å². The number of nitrogens with one attached hydrogen (secondary N) is 2. The quantitative estimate of drug-likeness (QED) is 0.358. The second kappa shape index (κ2) is 10.2. The van der Waals surface area contributed by atoms with Crippen molar-refractivity contribution in [3.8, 4) is 11.4 Å². The summed E-state index contributed by atoms with van der Waals surface area (Å²) in [5, 5.41) is 7.24. The Balaban J connectivity index is 1.33. The van der Waals surface area contributed by atoms with E-state index >= 15 is 0 Å². The molecule has 0 fully saturated rings. The van der Waals surface area contributed by atoms with Crippen LogP contribution in [0.15, 0.2) is 64.0 Å². The molecule has 0 spiro atoms. The summed E-state index contributed by atoms with van der Waals surface area (Å²) in [6.07, 6.45) is 0.354. The lowest BCUT2D eigenvalue weighted by Gasteiger charge is -2.09. The zero-order valence-electron chi connectivity index (χ0n) is 18.8. The lowest BCUT2D eigenvalue weighted by molar-refractivity contribution is -0.116. The Labute approximate surface area is 206 Å². The normalized spacial score (nSPS) is 11.3. The van der Waals surface area contributed by atoms with Gasteiger partial charge < -0.3 is 9.84 Å². The third kappa shape index (κ3) is 6.40. The first-order valence-corrected chi connectivity index (χ1v) is 12.4. The van der Waals surface area contributed by atoms with Gasteiger partial charge >= 0.3 is 0 Å². The Bertz CT molecular complexity index is 1430. The molecule has 0 aliphatic carbocycles. The molecule has 2 aromatic carbocycles. The molecule has 0 unspecified atom stereocenters. The van der Waals surface area contributed by atoms with Crippen molar-refractivity contribution in [2.45, 2.75) is 31.6 Å². The van der Waals surface area contributed by atoms with Gasteiger partial charge in [0.05, 0.1) is 4.90 Å². The number of hydrogen-bond donors (Lipinski definition) is 2. The van der Waals surface area contributed by atoms with E-state index in [4.69, 9.17) is 16.1 Å². The van der Waals surface area contributed by atoms with E-state index in [-0.39, 0.29) is 29.6 Å². The zero-order valence-corrected chi connectivity index (χ0v) is 20.4. The van der Waals surface area contributed by atoms with Gasteiger partial charge in [0.25, 0.3) is 10.0 Å². The largest absolute Gasteiger partial charge is 0.339 e. The molecule has 0 aliphatic heterocycles. The number of rotatable bonds is 8. The molecule has 4 rings (SSSR count). The highest BCUT2D eigenvalue weighted by atomic mass is 35.5. The van der Waals surface area contributed by atoms with E-state index in [1.54, 1.807) is 44.2 Å². The molecule has 0 radical (unpaired) electrons. The number of hydrogen-bond acceptors (Lipinski definition) is 8. The summed E-state index contributed by atoms with van der Waals surface area (Å²) in [6, 6.07) is 14.5. The summed E-state index contributed by atoms with van der Waals surface area (Å²) in [5.41, 5.74) is 2.50. The van der Waals surface area contributed by atoms with Crippen LogP contribution in [0, 0.1) is 13.8 Å². The summed E-state index contributed by atoms with van der Waals surface area (Å²) < 4.78 is 32.8. The molecule has 2 heterocycles. The molecule has 0 bridgehead atoms. The van der Waals surface area contributed by atoms with Gasteiger partial charge in [-0.25, -0.2) is 23.1 Å². The fraction of sp³-hybridized carbons (Fsp3) is 0.174. The van der Waals surface area contributed by atoms with Crippen molar-refractivity contribution >= 4 is 39.2 Å². The third-order valence-electron chi connectivity index (χ3n) is 4.79. The van der Waals surface area contributed by atoms with E-state index < -0.39 is 10.0 Å². The van der Waals surface area contributed by atoms with Crippen LogP contribution in [0.5, 0.6) is 0 Å². The lowest BCUT2D eigenvalue weighted by atomic mass is 10.2. The van der Waals surface area contributed by atoms with Gasteiger partial charge in [0, 0.05) is 40.5 Å². The highest BCUT2D eigenvalue weighted by Crippen LogP contribution is 2.20. The minimum Gasteiger partial charge on any atom is -0.339 e. The van der Waals surface area contributed by atoms with Crippen LogP contribution in [-0.4, -0.2) is 34.4 Å². The average molecular weight is 513 g/mol. The SMILES string of the molecule is Cc1cc(C)nc(NS(=O)(=O)c2ccc(NC(=O)CCc3nc(-c4ccc(Cl)cc4)no3)cc2)n1. The van der Waals surface area contributed by atoms with Gasteiger partial charge in [-0.15, -0.1) is 0 Å². The number of aromatic nitrogens is 4. The van der Waals surface area contributed by atoms with Crippen molar-refractivity contribution < 1.29 is 17.7 Å². The minimum absolute atomic E-state index is 0.000115. The Morgan fingerprint density at radius 3 is 2.29 bits per heavy atom. The summed E-state index contributed by atoms with van der Waals surface area (Å²) in [4.78, 5) is 24.8. The molecule has 35 heavy (non-hydrogen) atoms. The molecule has 2 aromatic heterocycles. The van der Waals surface area contributed by atoms with Crippen LogP contribution >= 0.6 is 11.6 Å². The van der Waals surface area contributed by atoms with Gasteiger partial charge in [-0.05, 0) is 68.4 Å². The molecule has 10 nitrogen and oxygen atoms in total. The van der Waals surface area contributed by atoms with Crippen LogP contribution in [0.1, 0.15) is 23.7 Å². The molecule has 0 aliphatic rings. The Kier molecular flexibility index (Phi) is 7.08. The first kappa shape index (κ1) is 24.3. The molecule has 1 amide bonds. The maximum atomic E-state index is 12.6. The summed E-state index contributed by atoms with van der Waals surface area (Å²) in [7, 11) is -3.88. The smallest absolute Gasteiger partial charge is 0.264 e. The van der Waals surface area contributed by atoms with Crippen LogP contribution in [0.25, 0.3) is 11.4 Å². The fourth-order valence-corrected chi connectivity index (χ4v) is 4.25. The van der Waals surface area contributed by atoms with Crippen molar-refractivity contribution in [2.24, 2.45) is 0 Å².